The molecular weight excluding hydrogens is 260 g/mol. The number of amides is 1. The summed E-state index contributed by atoms with van der Waals surface area (Å²) in [7, 11) is 0. The lowest BCUT2D eigenvalue weighted by atomic mass is 10.1. The van der Waals surface area contributed by atoms with E-state index in [1.165, 1.54) is 0 Å². The Hall–Kier alpha value is -1.46. The summed E-state index contributed by atoms with van der Waals surface area (Å²) in [4.78, 5) is 14.2. The first-order valence-electron chi connectivity index (χ1n) is 6.41. The standard InChI is InChI=1S/C14H18N2O2S/c15-14(19)11-5-3-10(4-6-11)8-13(18)16-7-1-2-12(17)9-16/h3-6,12,17H,1-2,7-9H2,(H2,15,19). The molecule has 1 aliphatic heterocycles. The Morgan fingerprint density at radius 2 is 2.11 bits per heavy atom. The van der Waals surface area contributed by atoms with Crippen LogP contribution < -0.4 is 5.73 Å². The molecule has 0 aromatic heterocycles. The van der Waals surface area contributed by atoms with Gasteiger partial charge in [0, 0.05) is 18.7 Å². The molecule has 19 heavy (non-hydrogen) atoms. The van der Waals surface area contributed by atoms with Gasteiger partial charge in [0.15, 0.2) is 0 Å². The highest BCUT2D eigenvalue weighted by Crippen LogP contribution is 2.12. The third-order valence-electron chi connectivity index (χ3n) is 3.34. The Bertz CT molecular complexity index is 473. The van der Waals surface area contributed by atoms with Crippen molar-refractivity contribution in [2.24, 2.45) is 5.73 Å². The number of thiocarbonyl (C=S) groups is 1. The number of benzene rings is 1. The molecule has 1 atom stereocenters. The predicted molar refractivity (Wildman–Crippen MR) is 77.9 cm³/mol. The van der Waals surface area contributed by atoms with Gasteiger partial charge in [0.25, 0.3) is 0 Å². The molecule has 1 fully saturated rings. The average molecular weight is 278 g/mol. The molecule has 1 aliphatic rings. The third-order valence-corrected chi connectivity index (χ3v) is 3.58. The van der Waals surface area contributed by atoms with Crippen molar-refractivity contribution < 1.29 is 9.90 Å². The highest BCUT2D eigenvalue weighted by molar-refractivity contribution is 7.80. The average Bonchev–Trinajstić information content (AvgIpc) is 2.39. The number of hydrogen-bond donors (Lipinski definition) is 2. The van der Waals surface area contributed by atoms with Crippen molar-refractivity contribution in [1.82, 2.24) is 4.90 Å². The van der Waals surface area contributed by atoms with E-state index in [1.54, 1.807) is 4.90 Å². The number of carbonyl (C=O) groups excluding carboxylic acids is 1. The van der Waals surface area contributed by atoms with E-state index >= 15 is 0 Å². The van der Waals surface area contributed by atoms with Gasteiger partial charge in [-0.1, -0.05) is 36.5 Å². The van der Waals surface area contributed by atoms with Gasteiger partial charge in [-0.2, -0.15) is 0 Å². The van der Waals surface area contributed by atoms with Crippen LogP contribution in [0.2, 0.25) is 0 Å². The zero-order chi connectivity index (χ0) is 13.8. The minimum atomic E-state index is -0.380. The molecule has 0 bridgehead atoms. The van der Waals surface area contributed by atoms with E-state index in [2.05, 4.69) is 0 Å². The summed E-state index contributed by atoms with van der Waals surface area (Å²) in [6.07, 6.45) is 1.62. The molecule has 102 valence electrons. The SMILES string of the molecule is NC(=S)c1ccc(CC(=O)N2CCCC(O)C2)cc1. The summed E-state index contributed by atoms with van der Waals surface area (Å²) >= 11 is 4.88. The van der Waals surface area contributed by atoms with Crippen LogP contribution in [-0.4, -0.2) is 40.1 Å². The quantitative estimate of drug-likeness (QED) is 0.804. The maximum absolute atomic E-state index is 12.1. The fourth-order valence-corrected chi connectivity index (χ4v) is 2.39. The lowest BCUT2D eigenvalue weighted by Crippen LogP contribution is -2.42. The molecule has 0 aliphatic carbocycles. The molecule has 1 unspecified atom stereocenters. The minimum absolute atomic E-state index is 0.0572. The number of rotatable bonds is 3. The van der Waals surface area contributed by atoms with Gasteiger partial charge in [0.2, 0.25) is 5.91 Å². The van der Waals surface area contributed by atoms with Crippen LogP contribution in [0.4, 0.5) is 0 Å². The number of β-amino-alcohol motifs (C(OH)–C–C–N with tert-alkyl or cyclic N) is 1. The maximum atomic E-state index is 12.1. The first-order valence-corrected chi connectivity index (χ1v) is 6.81. The van der Waals surface area contributed by atoms with E-state index in [0.717, 1.165) is 30.5 Å². The Kier molecular flexibility index (Phi) is 4.50. The molecule has 0 spiro atoms. The van der Waals surface area contributed by atoms with Gasteiger partial charge in [-0.25, -0.2) is 0 Å². The van der Waals surface area contributed by atoms with Crippen LogP contribution in [0.5, 0.6) is 0 Å². The molecule has 1 saturated heterocycles. The number of nitrogens with two attached hydrogens (primary N) is 1. The predicted octanol–water partition coefficient (Wildman–Crippen LogP) is 0.847. The van der Waals surface area contributed by atoms with Crippen LogP contribution in [0.3, 0.4) is 0 Å². The third kappa shape index (κ3) is 3.75. The smallest absolute Gasteiger partial charge is 0.227 e. The summed E-state index contributed by atoms with van der Waals surface area (Å²) < 4.78 is 0. The highest BCUT2D eigenvalue weighted by atomic mass is 32.1. The van der Waals surface area contributed by atoms with Gasteiger partial charge < -0.3 is 15.7 Å². The second kappa shape index (κ2) is 6.12. The number of likely N-dealkylation sites (tertiary alicyclic amines) is 1. The molecule has 1 amide bonds. The fourth-order valence-electron chi connectivity index (χ4n) is 2.25. The van der Waals surface area contributed by atoms with Gasteiger partial charge in [0.1, 0.15) is 4.99 Å². The van der Waals surface area contributed by atoms with Crippen LogP contribution in [0, 0.1) is 0 Å². The van der Waals surface area contributed by atoms with Crippen LogP contribution in [0.25, 0.3) is 0 Å². The lowest BCUT2D eigenvalue weighted by Gasteiger charge is -2.30. The molecule has 3 N–H and O–H groups in total. The first-order chi connectivity index (χ1) is 9.06. The van der Waals surface area contributed by atoms with Gasteiger partial charge in [0.05, 0.1) is 12.5 Å². The summed E-state index contributed by atoms with van der Waals surface area (Å²) in [5.41, 5.74) is 7.27. The Morgan fingerprint density at radius 1 is 1.42 bits per heavy atom. The normalized spacial score (nSPS) is 19.2. The van der Waals surface area contributed by atoms with Gasteiger partial charge in [-0.05, 0) is 18.4 Å². The molecule has 0 saturated carbocycles. The summed E-state index contributed by atoms with van der Waals surface area (Å²) in [6.45, 7) is 1.19. The topological polar surface area (TPSA) is 66.6 Å². The minimum Gasteiger partial charge on any atom is -0.391 e. The van der Waals surface area contributed by atoms with Gasteiger partial charge >= 0.3 is 0 Å². The van der Waals surface area contributed by atoms with Crippen molar-refractivity contribution in [1.29, 1.82) is 0 Å². The number of nitrogens with zero attached hydrogens (tertiary/aromatic N) is 1. The van der Waals surface area contributed by atoms with E-state index in [9.17, 15) is 9.90 Å². The van der Waals surface area contributed by atoms with Crippen molar-refractivity contribution in [3.8, 4) is 0 Å². The van der Waals surface area contributed by atoms with Crippen LogP contribution in [-0.2, 0) is 11.2 Å². The van der Waals surface area contributed by atoms with Crippen molar-refractivity contribution in [3.63, 3.8) is 0 Å². The van der Waals surface area contributed by atoms with E-state index in [1.807, 2.05) is 24.3 Å². The molecule has 5 heteroatoms. The van der Waals surface area contributed by atoms with Crippen molar-refractivity contribution in [2.45, 2.75) is 25.4 Å². The fraction of sp³-hybridized carbons (Fsp3) is 0.429. The highest BCUT2D eigenvalue weighted by Gasteiger charge is 2.21. The van der Waals surface area contributed by atoms with E-state index < -0.39 is 0 Å². The van der Waals surface area contributed by atoms with E-state index in [0.29, 0.717) is 18.0 Å². The Labute approximate surface area is 118 Å². The largest absolute Gasteiger partial charge is 0.391 e. The lowest BCUT2D eigenvalue weighted by molar-refractivity contribution is -0.133. The van der Waals surface area contributed by atoms with Gasteiger partial charge in [-0.15, -0.1) is 0 Å². The molecule has 1 aromatic rings. The monoisotopic (exact) mass is 278 g/mol. The van der Waals surface area contributed by atoms with Crippen LogP contribution >= 0.6 is 12.2 Å². The first kappa shape index (κ1) is 14.0. The molecular formula is C14H18N2O2S. The van der Waals surface area contributed by atoms with E-state index in [4.69, 9.17) is 18.0 Å². The molecule has 1 aromatic carbocycles. The molecule has 4 nitrogen and oxygen atoms in total. The van der Waals surface area contributed by atoms with Crippen molar-refractivity contribution >= 4 is 23.1 Å². The van der Waals surface area contributed by atoms with Crippen LogP contribution in [0.1, 0.15) is 24.0 Å². The Balaban J connectivity index is 1.96. The van der Waals surface area contributed by atoms with Gasteiger partial charge in [-0.3, -0.25) is 4.79 Å². The number of piperidine rings is 1. The van der Waals surface area contributed by atoms with E-state index in [-0.39, 0.29) is 12.0 Å². The summed E-state index contributed by atoms with van der Waals surface area (Å²) in [6, 6.07) is 7.39. The number of aliphatic hydroxyl groups is 1. The van der Waals surface area contributed by atoms with Crippen molar-refractivity contribution in [3.05, 3.63) is 35.4 Å². The summed E-state index contributed by atoms with van der Waals surface area (Å²) in [5, 5.41) is 9.57. The zero-order valence-electron chi connectivity index (χ0n) is 10.7. The zero-order valence-corrected chi connectivity index (χ0v) is 11.5. The molecule has 2 rings (SSSR count). The van der Waals surface area contributed by atoms with Crippen LogP contribution in [0.15, 0.2) is 24.3 Å². The second-order valence-corrected chi connectivity index (χ2v) is 5.31. The maximum Gasteiger partial charge on any atom is 0.227 e. The van der Waals surface area contributed by atoms with Crippen molar-refractivity contribution in [2.75, 3.05) is 13.1 Å². The number of aliphatic hydroxyl groups excluding tert-OH is 1. The second-order valence-electron chi connectivity index (χ2n) is 4.87. The summed E-state index contributed by atoms with van der Waals surface area (Å²) in [5.74, 6) is 0.0572. The molecule has 1 heterocycles. The Morgan fingerprint density at radius 3 is 2.68 bits per heavy atom. The number of hydrogen-bond acceptors (Lipinski definition) is 3. The number of carbonyl (C=O) groups is 1. The molecule has 0 radical (unpaired) electrons.